The van der Waals surface area contributed by atoms with Gasteiger partial charge in [0.05, 0.1) is 57.0 Å². The van der Waals surface area contributed by atoms with Gasteiger partial charge >= 0.3 is 0 Å². The quantitative estimate of drug-likeness (QED) is 0.165. The average molecular weight is 547 g/mol. The summed E-state index contributed by atoms with van der Waals surface area (Å²) in [6, 6.07) is 13.9. The minimum atomic E-state index is -0.495. The number of benzene rings is 2. The van der Waals surface area contributed by atoms with Gasteiger partial charge in [0.15, 0.2) is 0 Å². The number of aromatic hydroxyl groups is 1. The van der Waals surface area contributed by atoms with Crippen molar-refractivity contribution in [3.8, 4) is 5.75 Å². The Bertz CT molecular complexity index is 943. The molecule has 0 unspecified atom stereocenters. The van der Waals surface area contributed by atoms with E-state index < -0.39 is 6.10 Å². The van der Waals surface area contributed by atoms with Gasteiger partial charge in [-0.2, -0.15) is 0 Å². The van der Waals surface area contributed by atoms with Crippen molar-refractivity contribution in [2.45, 2.75) is 57.2 Å². The molecule has 218 valence electrons. The fourth-order valence-electron chi connectivity index (χ4n) is 4.59. The molecule has 39 heavy (non-hydrogen) atoms. The maximum absolute atomic E-state index is 10.3. The maximum atomic E-state index is 10.3. The summed E-state index contributed by atoms with van der Waals surface area (Å²) in [6.07, 6.45) is 0.707. The fraction of sp³-hybridized carbons (Fsp3) is 0.600. The van der Waals surface area contributed by atoms with Crippen LogP contribution in [0.3, 0.4) is 0 Å². The number of rotatable bonds is 18. The third-order valence-electron chi connectivity index (χ3n) is 6.90. The first kappa shape index (κ1) is 31.3. The number of hydrogen-bond acceptors (Lipinski definition) is 9. The summed E-state index contributed by atoms with van der Waals surface area (Å²) in [5, 5.41) is 27.1. The summed E-state index contributed by atoms with van der Waals surface area (Å²) in [4.78, 5) is 0. The summed E-state index contributed by atoms with van der Waals surface area (Å²) in [6.45, 7) is 7.01. The van der Waals surface area contributed by atoms with Crippen molar-refractivity contribution in [3.05, 3.63) is 59.2 Å². The highest BCUT2D eigenvalue weighted by atomic mass is 16.5. The molecule has 0 aromatic heterocycles. The predicted molar refractivity (Wildman–Crippen MR) is 151 cm³/mol. The lowest BCUT2D eigenvalue weighted by atomic mass is 9.85. The second-order valence-electron chi connectivity index (χ2n) is 9.88. The number of methoxy groups -OCH3 is 2. The number of anilines is 1. The number of aliphatic hydroxyl groups excluding tert-OH is 1. The topological polar surface area (TPSA) is 111 Å². The Balaban J connectivity index is 1.70. The van der Waals surface area contributed by atoms with Gasteiger partial charge in [0, 0.05) is 46.4 Å². The van der Waals surface area contributed by atoms with Crippen LogP contribution < -0.4 is 10.6 Å². The lowest BCUT2D eigenvalue weighted by Gasteiger charge is -2.39. The van der Waals surface area contributed by atoms with Crippen molar-refractivity contribution in [2.75, 3.05) is 65.6 Å². The van der Waals surface area contributed by atoms with Gasteiger partial charge in [-0.15, -0.1) is 0 Å². The van der Waals surface area contributed by atoms with E-state index in [1.165, 1.54) is 0 Å². The Labute approximate surface area is 232 Å². The average Bonchev–Trinajstić information content (AvgIpc) is 2.96. The zero-order valence-corrected chi connectivity index (χ0v) is 23.6. The van der Waals surface area contributed by atoms with Gasteiger partial charge in [0.1, 0.15) is 5.75 Å². The monoisotopic (exact) mass is 546 g/mol. The number of aliphatic hydroxyl groups is 1. The van der Waals surface area contributed by atoms with Crippen molar-refractivity contribution in [2.24, 2.45) is 0 Å². The number of ether oxygens (including phenoxy) is 5. The van der Waals surface area contributed by atoms with Crippen molar-refractivity contribution < 1.29 is 33.9 Å². The standard InChI is InChI=1S/C30H46N2O7/c1-4-25(33)21-39-29-18-31-17-28(30(29)24-9-6-22(7-10-24)19-37-15-14-36-3)38-20-23-8-11-27(34)26(16-23)32-12-5-13-35-2/h6-11,16,25,28-34H,4-5,12-15,17-21H2,1-3H3/t25-,28+,29-,30-/m1/s1. The molecule has 9 nitrogen and oxygen atoms in total. The Morgan fingerprint density at radius 2 is 1.64 bits per heavy atom. The van der Waals surface area contributed by atoms with Gasteiger partial charge in [-0.3, -0.25) is 0 Å². The van der Waals surface area contributed by atoms with Crippen LogP contribution in [0.2, 0.25) is 0 Å². The summed E-state index contributed by atoms with van der Waals surface area (Å²) < 4.78 is 28.5. The molecule has 0 radical (unpaired) electrons. The van der Waals surface area contributed by atoms with Crippen LogP contribution in [0.1, 0.15) is 42.4 Å². The second kappa shape index (κ2) is 17.5. The summed E-state index contributed by atoms with van der Waals surface area (Å²) in [5.74, 6) is 0.199. The minimum absolute atomic E-state index is 0.0116. The molecule has 2 aromatic rings. The highest BCUT2D eigenvalue weighted by Gasteiger charge is 2.36. The minimum Gasteiger partial charge on any atom is -0.506 e. The van der Waals surface area contributed by atoms with Crippen molar-refractivity contribution in [1.82, 2.24) is 5.32 Å². The zero-order chi connectivity index (χ0) is 27.9. The maximum Gasteiger partial charge on any atom is 0.138 e. The highest BCUT2D eigenvalue weighted by Crippen LogP contribution is 2.32. The molecule has 9 heteroatoms. The molecule has 1 heterocycles. The molecule has 4 N–H and O–H groups in total. The molecule has 1 aliphatic heterocycles. The van der Waals surface area contributed by atoms with Crippen LogP contribution in [0.15, 0.2) is 42.5 Å². The van der Waals surface area contributed by atoms with Gasteiger partial charge in [-0.1, -0.05) is 37.3 Å². The van der Waals surface area contributed by atoms with E-state index in [4.69, 9.17) is 23.7 Å². The third kappa shape index (κ3) is 10.3. The van der Waals surface area contributed by atoms with E-state index in [9.17, 15) is 10.2 Å². The van der Waals surface area contributed by atoms with Crippen LogP contribution in [0.5, 0.6) is 5.75 Å². The van der Waals surface area contributed by atoms with E-state index in [0.29, 0.717) is 64.8 Å². The first-order chi connectivity index (χ1) is 19.0. The van der Waals surface area contributed by atoms with Crippen molar-refractivity contribution >= 4 is 5.69 Å². The molecule has 0 amide bonds. The predicted octanol–water partition coefficient (Wildman–Crippen LogP) is 3.43. The largest absolute Gasteiger partial charge is 0.506 e. The van der Waals surface area contributed by atoms with Crippen LogP contribution in [-0.2, 0) is 36.9 Å². The first-order valence-electron chi connectivity index (χ1n) is 13.9. The molecular weight excluding hydrogens is 500 g/mol. The molecule has 0 bridgehead atoms. The number of phenols is 1. The Morgan fingerprint density at radius 1 is 0.923 bits per heavy atom. The molecule has 0 aliphatic carbocycles. The van der Waals surface area contributed by atoms with E-state index in [-0.39, 0.29) is 30.5 Å². The van der Waals surface area contributed by atoms with Gasteiger partial charge in [-0.25, -0.2) is 0 Å². The van der Waals surface area contributed by atoms with Gasteiger partial charge < -0.3 is 44.5 Å². The van der Waals surface area contributed by atoms with Crippen molar-refractivity contribution in [3.63, 3.8) is 0 Å². The zero-order valence-electron chi connectivity index (χ0n) is 23.6. The summed E-state index contributed by atoms with van der Waals surface area (Å²) in [5.41, 5.74) is 3.87. The van der Waals surface area contributed by atoms with Gasteiger partial charge in [-0.05, 0) is 41.7 Å². The summed E-state index contributed by atoms with van der Waals surface area (Å²) in [7, 11) is 3.34. The molecule has 1 fully saturated rings. The normalized spacial score (nSPS) is 20.2. The number of hydrogen-bond donors (Lipinski definition) is 4. The molecule has 2 aromatic carbocycles. The first-order valence-corrected chi connectivity index (χ1v) is 13.9. The van der Waals surface area contributed by atoms with E-state index in [1.54, 1.807) is 20.3 Å². The number of piperidine rings is 1. The Morgan fingerprint density at radius 3 is 2.36 bits per heavy atom. The lowest BCUT2D eigenvalue weighted by molar-refractivity contribution is -0.0777. The molecular formula is C30H46N2O7. The second-order valence-corrected chi connectivity index (χ2v) is 9.88. The van der Waals surface area contributed by atoms with Crippen LogP contribution >= 0.6 is 0 Å². The molecule has 4 atom stereocenters. The smallest absolute Gasteiger partial charge is 0.138 e. The lowest BCUT2D eigenvalue weighted by Crippen LogP contribution is -2.51. The van der Waals surface area contributed by atoms with E-state index in [0.717, 1.165) is 23.1 Å². The molecule has 1 aliphatic rings. The summed E-state index contributed by atoms with van der Waals surface area (Å²) >= 11 is 0. The highest BCUT2D eigenvalue weighted by molar-refractivity contribution is 5.57. The van der Waals surface area contributed by atoms with Crippen LogP contribution in [0, 0.1) is 0 Å². The van der Waals surface area contributed by atoms with E-state index >= 15 is 0 Å². The molecule has 0 spiro atoms. The number of nitrogens with one attached hydrogen (secondary N) is 2. The van der Waals surface area contributed by atoms with Gasteiger partial charge in [0.25, 0.3) is 0 Å². The van der Waals surface area contributed by atoms with Crippen LogP contribution in [0.25, 0.3) is 0 Å². The number of phenolic OH excluding ortho intramolecular Hbond substituents is 1. The molecule has 3 rings (SSSR count). The molecule has 1 saturated heterocycles. The van der Waals surface area contributed by atoms with Crippen LogP contribution in [0.4, 0.5) is 5.69 Å². The van der Waals surface area contributed by atoms with Gasteiger partial charge in [0.2, 0.25) is 0 Å². The Hall–Kier alpha value is -2.24. The van der Waals surface area contributed by atoms with E-state index in [2.05, 4.69) is 34.9 Å². The fourth-order valence-corrected chi connectivity index (χ4v) is 4.59. The Kier molecular flexibility index (Phi) is 14.0. The molecule has 0 saturated carbocycles. The van der Waals surface area contributed by atoms with Crippen LogP contribution in [-0.4, -0.2) is 88.8 Å². The third-order valence-corrected chi connectivity index (χ3v) is 6.90. The van der Waals surface area contributed by atoms with E-state index in [1.807, 2.05) is 19.1 Å². The van der Waals surface area contributed by atoms with Crippen molar-refractivity contribution in [1.29, 1.82) is 0 Å². The SMILES string of the molecule is CC[C@@H](O)CO[C@@H]1CNC[C@H](OCc2ccc(O)c(NCCCOC)c2)[C@H]1c1ccc(COCCOC)cc1.